The molecule has 5 rings (SSSR count). The molecule has 1 saturated carbocycles. The number of anilines is 2. The van der Waals surface area contributed by atoms with Gasteiger partial charge in [-0.05, 0) is 67.7 Å². The van der Waals surface area contributed by atoms with Gasteiger partial charge in [0.15, 0.2) is 0 Å². The Morgan fingerprint density at radius 2 is 1.95 bits per heavy atom. The van der Waals surface area contributed by atoms with Crippen LogP contribution in [0.25, 0.3) is 16.7 Å². The molecule has 1 fully saturated rings. The molecule has 0 aliphatic heterocycles. The van der Waals surface area contributed by atoms with Crippen molar-refractivity contribution in [1.29, 1.82) is 0 Å². The Morgan fingerprint density at radius 1 is 1.11 bits per heavy atom. The number of aliphatic hydroxyl groups is 1. The van der Waals surface area contributed by atoms with E-state index in [2.05, 4.69) is 27.7 Å². The Labute approximate surface area is 213 Å². The minimum absolute atomic E-state index is 0.0630. The number of aliphatic hydroxyl groups excluding tert-OH is 1. The van der Waals surface area contributed by atoms with Gasteiger partial charge >= 0.3 is 0 Å². The van der Waals surface area contributed by atoms with E-state index in [0.29, 0.717) is 35.4 Å². The van der Waals surface area contributed by atoms with Crippen molar-refractivity contribution in [3.8, 4) is 5.69 Å². The number of carbonyl (C=O) groups excluding carboxylic acids is 2. The van der Waals surface area contributed by atoms with Gasteiger partial charge in [0, 0.05) is 24.3 Å². The lowest BCUT2D eigenvalue weighted by molar-refractivity contribution is -0.111. The Hall–Kier alpha value is -4.28. The summed E-state index contributed by atoms with van der Waals surface area (Å²) in [6.45, 7) is 4.17. The van der Waals surface area contributed by atoms with Crippen molar-refractivity contribution >= 4 is 34.5 Å². The van der Waals surface area contributed by atoms with Gasteiger partial charge in [-0.1, -0.05) is 23.9 Å². The normalized spacial score (nSPS) is 17.4. The fourth-order valence-corrected chi connectivity index (χ4v) is 4.54. The van der Waals surface area contributed by atoms with Crippen LogP contribution < -0.4 is 16.0 Å². The molecule has 2 heterocycles. The van der Waals surface area contributed by atoms with Gasteiger partial charge in [0.2, 0.25) is 17.6 Å². The lowest BCUT2D eigenvalue weighted by Gasteiger charge is -2.26. The van der Waals surface area contributed by atoms with Crippen LogP contribution in [0, 0.1) is 0 Å². The van der Waals surface area contributed by atoms with Gasteiger partial charge in [-0.25, -0.2) is 4.98 Å². The van der Waals surface area contributed by atoms with Gasteiger partial charge in [-0.15, -0.1) is 0 Å². The molecule has 2 aromatic heterocycles. The molecule has 0 spiro atoms. The average Bonchev–Trinajstić information content (AvgIpc) is 3.56. The summed E-state index contributed by atoms with van der Waals surface area (Å²) in [5, 5.41) is 22.5. The monoisotopic (exact) mass is 500 g/mol. The standard InChI is InChI=1S/C27H28N6O4/c1-2-25(35)30-19-4-3-5-20(15-19)33-23-11-6-17(16-28-18-7-9-21(34)10-8-18)14-22(23)31-27(33)32-26(36)24-12-13-29-37-24/h2-6,11-15,18,21,28,34H,1,7-10,16H2,(H,30,35)(H,31,32,36)/t18-,21-. The molecule has 2 amide bonds. The van der Waals surface area contributed by atoms with Crippen molar-refractivity contribution in [3.05, 3.63) is 78.7 Å². The molecule has 0 atom stereocenters. The second kappa shape index (κ2) is 10.8. The second-order valence-electron chi connectivity index (χ2n) is 9.05. The first-order valence-electron chi connectivity index (χ1n) is 12.2. The summed E-state index contributed by atoms with van der Waals surface area (Å²) in [7, 11) is 0. The highest BCUT2D eigenvalue weighted by Gasteiger charge is 2.20. The summed E-state index contributed by atoms with van der Waals surface area (Å²) < 4.78 is 6.81. The quantitative estimate of drug-likeness (QED) is 0.271. The largest absolute Gasteiger partial charge is 0.393 e. The van der Waals surface area contributed by atoms with Crippen LogP contribution in [0.4, 0.5) is 11.6 Å². The number of hydrogen-bond acceptors (Lipinski definition) is 7. The zero-order valence-corrected chi connectivity index (χ0v) is 20.2. The summed E-state index contributed by atoms with van der Waals surface area (Å²) in [6, 6.07) is 15.1. The van der Waals surface area contributed by atoms with E-state index in [-0.39, 0.29) is 17.8 Å². The molecule has 2 aromatic carbocycles. The van der Waals surface area contributed by atoms with Crippen molar-refractivity contribution < 1.29 is 19.2 Å². The number of amides is 2. The van der Waals surface area contributed by atoms with Crippen LogP contribution in [0.5, 0.6) is 0 Å². The lowest BCUT2D eigenvalue weighted by atomic mass is 9.93. The molecule has 4 N–H and O–H groups in total. The Kier molecular flexibility index (Phi) is 7.11. The molecular formula is C27H28N6O4. The summed E-state index contributed by atoms with van der Waals surface area (Å²) in [5.74, 6) is -0.439. The molecular weight excluding hydrogens is 472 g/mol. The van der Waals surface area contributed by atoms with E-state index in [0.717, 1.165) is 36.8 Å². The highest BCUT2D eigenvalue weighted by Crippen LogP contribution is 2.28. The second-order valence-corrected chi connectivity index (χ2v) is 9.05. The smallest absolute Gasteiger partial charge is 0.296 e. The first kappa shape index (κ1) is 24.4. The van der Waals surface area contributed by atoms with Gasteiger partial charge in [-0.2, -0.15) is 0 Å². The summed E-state index contributed by atoms with van der Waals surface area (Å²) in [4.78, 5) is 29.3. The topological polar surface area (TPSA) is 134 Å². The third kappa shape index (κ3) is 5.60. The first-order valence-corrected chi connectivity index (χ1v) is 12.2. The number of benzene rings is 2. The van der Waals surface area contributed by atoms with E-state index in [1.54, 1.807) is 18.2 Å². The number of nitrogens with zero attached hydrogens (tertiary/aromatic N) is 3. The summed E-state index contributed by atoms with van der Waals surface area (Å²) in [5.41, 5.74) is 3.82. The molecule has 0 radical (unpaired) electrons. The molecule has 4 aromatic rings. The molecule has 1 aliphatic carbocycles. The average molecular weight is 501 g/mol. The minimum Gasteiger partial charge on any atom is -0.393 e. The summed E-state index contributed by atoms with van der Waals surface area (Å²) >= 11 is 0. The molecule has 10 nitrogen and oxygen atoms in total. The first-order chi connectivity index (χ1) is 18.0. The Morgan fingerprint density at radius 3 is 2.70 bits per heavy atom. The van der Waals surface area contributed by atoms with E-state index < -0.39 is 5.91 Å². The minimum atomic E-state index is -0.480. The van der Waals surface area contributed by atoms with Crippen molar-refractivity contribution in [1.82, 2.24) is 20.0 Å². The number of hydrogen-bond donors (Lipinski definition) is 4. The molecule has 1 aliphatic rings. The fourth-order valence-electron chi connectivity index (χ4n) is 4.54. The van der Waals surface area contributed by atoms with Crippen molar-refractivity contribution in [2.45, 2.75) is 44.4 Å². The predicted molar refractivity (Wildman–Crippen MR) is 139 cm³/mol. The van der Waals surface area contributed by atoms with Crippen LogP contribution >= 0.6 is 0 Å². The molecule has 0 bridgehead atoms. The zero-order chi connectivity index (χ0) is 25.8. The van der Waals surface area contributed by atoms with Crippen molar-refractivity contribution in [3.63, 3.8) is 0 Å². The Bertz CT molecular complexity index is 1420. The van der Waals surface area contributed by atoms with Gasteiger partial charge in [0.05, 0.1) is 29.0 Å². The van der Waals surface area contributed by atoms with Gasteiger partial charge in [0.25, 0.3) is 5.91 Å². The van der Waals surface area contributed by atoms with E-state index in [4.69, 9.17) is 9.51 Å². The number of nitrogens with one attached hydrogen (secondary N) is 3. The van der Waals surface area contributed by atoms with Crippen LogP contribution in [0.2, 0.25) is 0 Å². The van der Waals surface area contributed by atoms with Gasteiger partial charge in [0.1, 0.15) is 0 Å². The maximum Gasteiger partial charge on any atom is 0.296 e. The molecule has 10 heteroatoms. The lowest BCUT2D eigenvalue weighted by Crippen LogP contribution is -2.34. The number of carbonyl (C=O) groups is 2. The van der Waals surface area contributed by atoms with E-state index >= 15 is 0 Å². The van der Waals surface area contributed by atoms with E-state index in [1.165, 1.54) is 18.3 Å². The molecule has 0 unspecified atom stereocenters. The maximum absolute atomic E-state index is 12.8. The number of rotatable bonds is 8. The van der Waals surface area contributed by atoms with Crippen molar-refractivity contribution in [2.75, 3.05) is 10.6 Å². The highest BCUT2D eigenvalue weighted by molar-refractivity contribution is 6.02. The van der Waals surface area contributed by atoms with Crippen LogP contribution in [0.1, 0.15) is 41.8 Å². The van der Waals surface area contributed by atoms with E-state index in [1.807, 2.05) is 28.8 Å². The van der Waals surface area contributed by atoms with Crippen molar-refractivity contribution in [2.24, 2.45) is 0 Å². The third-order valence-corrected chi connectivity index (χ3v) is 6.45. The fraction of sp³-hybridized carbons (Fsp3) is 0.259. The van der Waals surface area contributed by atoms with Gasteiger partial charge in [-0.3, -0.25) is 19.5 Å². The zero-order valence-electron chi connectivity index (χ0n) is 20.2. The number of aromatic nitrogens is 3. The van der Waals surface area contributed by atoms with E-state index in [9.17, 15) is 14.7 Å². The SMILES string of the molecule is C=CC(=O)Nc1cccc(-n2c(NC(=O)c3ccno3)nc3cc(CN[C@H]4CC[C@H](O)CC4)ccc32)c1. The van der Waals surface area contributed by atoms with Crippen LogP contribution in [0.3, 0.4) is 0 Å². The highest BCUT2D eigenvalue weighted by atomic mass is 16.5. The molecule has 0 saturated heterocycles. The third-order valence-electron chi connectivity index (χ3n) is 6.45. The molecule has 190 valence electrons. The van der Waals surface area contributed by atoms with Crippen LogP contribution in [0.15, 0.2) is 71.9 Å². The summed E-state index contributed by atoms with van der Waals surface area (Å²) in [6.07, 6.45) is 5.96. The Balaban J connectivity index is 1.47. The van der Waals surface area contributed by atoms with Crippen LogP contribution in [-0.4, -0.2) is 43.8 Å². The maximum atomic E-state index is 12.8. The van der Waals surface area contributed by atoms with Gasteiger partial charge < -0.3 is 20.3 Å². The van der Waals surface area contributed by atoms with Crippen LogP contribution in [-0.2, 0) is 11.3 Å². The number of fused-ring (bicyclic) bond motifs is 1. The molecule has 37 heavy (non-hydrogen) atoms. The number of imidazole rings is 1. The predicted octanol–water partition coefficient (Wildman–Crippen LogP) is 3.78.